The van der Waals surface area contributed by atoms with Crippen LogP contribution in [-0.4, -0.2) is 0 Å². The van der Waals surface area contributed by atoms with Gasteiger partial charge in [0.2, 0.25) is 0 Å². The van der Waals surface area contributed by atoms with Gasteiger partial charge in [-0.05, 0) is 30.4 Å². The van der Waals surface area contributed by atoms with Crippen molar-refractivity contribution in [3.8, 4) is 0 Å². The summed E-state index contributed by atoms with van der Waals surface area (Å²) in [6.07, 6.45) is -0.151. The number of rotatable bonds is 3. The maximum Gasteiger partial charge on any atom is 0.263 e. The van der Waals surface area contributed by atoms with Crippen molar-refractivity contribution < 1.29 is 8.78 Å². The molecular formula is C11H13F2N. The van der Waals surface area contributed by atoms with Crippen molar-refractivity contribution in [2.45, 2.75) is 25.3 Å². The molecule has 1 aromatic rings. The SMILES string of the molecule is NC(c1cccc(C(F)F)c1)C1CC1. The second kappa shape index (κ2) is 3.65. The molecule has 0 aliphatic heterocycles. The van der Waals surface area contributed by atoms with Crippen LogP contribution in [-0.2, 0) is 0 Å². The molecule has 3 heteroatoms. The molecule has 1 aliphatic carbocycles. The molecule has 1 saturated carbocycles. The van der Waals surface area contributed by atoms with Crippen molar-refractivity contribution in [2.75, 3.05) is 0 Å². The van der Waals surface area contributed by atoms with E-state index in [4.69, 9.17) is 5.73 Å². The molecule has 1 aromatic carbocycles. The van der Waals surface area contributed by atoms with Gasteiger partial charge in [0.05, 0.1) is 0 Å². The van der Waals surface area contributed by atoms with Crippen LogP contribution in [0.4, 0.5) is 8.78 Å². The zero-order chi connectivity index (χ0) is 10.1. The van der Waals surface area contributed by atoms with Gasteiger partial charge in [0, 0.05) is 11.6 Å². The van der Waals surface area contributed by atoms with Crippen molar-refractivity contribution in [1.82, 2.24) is 0 Å². The summed E-state index contributed by atoms with van der Waals surface area (Å²) in [5.41, 5.74) is 6.83. The van der Waals surface area contributed by atoms with Crippen LogP contribution in [0.5, 0.6) is 0 Å². The molecule has 76 valence electrons. The fraction of sp³-hybridized carbons (Fsp3) is 0.455. The molecule has 0 radical (unpaired) electrons. The van der Waals surface area contributed by atoms with Crippen molar-refractivity contribution in [2.24, 2.45) is 11.7 Å². The lowest BCUT2D eigenvalue weighted by Gasteiger charge is -2.11. The summed E-state index contributed by atoms with van der Waals surface area (Å²) in [7, 11) is 0. The number of hydrogen-bond acceptors (Lipinski definition) is 1. The van der Waals surface area contributed by atoms with Gasteiger partial charge in [-0.2, -0.15) is 0 Å². The molecule has 0 aromatic heterocycles. The van der Waals surface area contributed by atoms with Crippen LogP contribution in [0.1, 0.15) is 36.4 Å². The molecule has 2 rings (SSSR count). The lowest BCUT2D eigenvalue weighted by Crippen LogP contribution is -2.12. The number of benzene rings is 1. The highest BCUT2D eigenvalue weighted by molar-refractivity contribution is 5.27. The Morgan fingerprint density at radius 1 is 1.21 bits per heavy atom. The Morgan fingerprint density at radius 2 is 1.86 bits per heavy atom. The van der Waals surface area contributed by atoms with E-state index >= 15 is 0 Å². The first-order chi connectivity index (χ1) is 6.68. The molecular weight excluding hydrogens is 184 g/mol. The Hall–Kier alpha value is -0.960. The van der Waals surface area contributed by atoms with E-state index in [1.54, 1.807) is 6.07 Å². The van der Waals surface area contributed by atoms with Gasteiger partial charge in [-0.25, -0.2) is 8.78 Å². The van der Waals surface area contributed by atoms with Gasteiger partial charge >= 0.3 is 0 Å². The van der Waals surface area contributed by atoms with Gasteiger partial charge in [-0.3, -0.25) is 0 Å². The molecule has 0 bridgehead atoms. The van der Waals surface area contributed by atoms with Crippen LogP contribution in [0.15, 0.2) is 24.3 Å². The highest BCUT2D eigenvalue weighted by atomic mass is 19.3. The van der Waals surface area contributed by atoms with Crippen LogP contribution in [0.3, 0.4) is 0 Å². The lowest BCUT2D eigenvalue weighted by molar-refractivity contribution is 0.151. The van der Waals surface area contributed by atoms with Gasteiger partial charge in [0.1, 0.15) is 0 Å². The van der Waals surface area contributed by atoms with Crippen LogP contribution in [0, 0.1) is 5.92 Å². The molecule has 1 unspecified atom stereocenters. The van der Waals surface area contributed by atoms with Gasteiger partial charge in [0.25, 0.3) is 6.43 Å². The lowest BCUT2D eigenvalue weighted by atomic mass is 10.0. The Labute approximate surface area is 81.9 Å². The third-order valence-electron chi connectivity index (χ3n) is 2.68. The first-order valence-electron chi connectivity index (χ1n) is 4.82. The maximum absolute atomic E-state index is 12.4. The average molecular weight is 197 g/mol. The van der Waals surface area contributed by atoms with E-state index in [0.29, 0.717) is 5.92 Å². The Kier molecular flexibility index (Phi) is 2.50. The van der Waals surface area contributed by atoms with Crippen LogP contribution in [0.2, 0.25) is 0 Å². The molecule has 0 amide bonds. The summed E-state index contributed by atoms with van der Waals surface area (Å²) in [5.74, 6) is 0.503. The summed E-state index contributed by atoms with van der Waals surface area (Å²) in [5, 5.41) is 0. The standard InChI is InChI=1S/C11H13F2N/c12-11(13)9-3-1-2-8(6-9)10(14)7-4-5-7/h1-3,6-7,10-11H,4-5,14H2. The van der Waals surface area contributed by atoms with Gasteiger partial charge in [-0.15, -0.1) is 0 Å². The van der Waals surface area contributed by atoms with Crippen LogP contribution >= 0.6 is 0 Å². The van der Waals surface area contributed by atoms with Crippen molar-refractivity contribution in [1.29, 1.82) is 0 Å². The zero-order valence-electron chi connectivity index (χ0n) is 7.79. The topological polar surface area (TPSA) is 26.0 Å². The molecule has 2 N–H and O–H groups in total. The second-order valence-corrected chi connectivity index (χ2v) is 3.83. The average Bonchev–Trinajstić information content (AvgIpc) is 3.00. The maximum atomic E-state index is 12.4. The third-order valence-corrected chi connectivity index (χ3v) is 2.68. The predicted molar refractivity (Wildman–Crippen MR) is 51.1 cm³/mol. The van der Waals surface area contributed by atoms with E-state index in [-0.39, 0.29) is 11.6 Å². The summed E-state index contributed by atoms with van der Waals surface area (Å²) in [4.78, 5) is 0. The molecule has 1 aliphatic rings. The third kappa shape index (κ3) is 1.93. The molecule has 1 fully saturated rings. The monoisotopic (exact) mass is 197 g/mol. The van der Waals surface area contributed by atoms with Gasteiger partial charge in [-0.1, -0.05) is 18.2 Å². The minimum Gasteiger partial charge on any atom is -0.324 e. The molecule has 14 heavy (non-hydrogen) atoms. The zero-order valence-corrected chi connectivity index (χ0v) is 7.79. The second-order valence-electron chi connectivity index (χ2n) is 3.83. The summed E-state index contributed by atoms with van der Waals surface area (Å²) >= 11 is 0. The highest BCUT2D eigenvalue weighted by Gasteiger charge is 2.29. The van der Waals surface area contributed by atoms with E-state index in [0.717, 1.165) is 18.4 Å². The number of alkyl halides is 2. The van der Waals surface area contributed by atoms with E-state index in [2.05, 4.69) is 0 Å². The van der Waals surface area contributed by atoms with Crippen molar-refractivity contribution in [3.05, 3.63) is 35.4 Å². The number of halogens is 2. The minimum atomic E-state index is -2.40. The molecule has 0 heterocycles. The first kappa shape index (κ1) is 9.59. The Balaban J connectivity index is 2.20. The molecule has 0 spiro atoms. The van der Waals surface area contributed by atoms with E-state index < -0.39 is 6.43 Å². The fourth-order valence-corrected chi connectivity index (χ4v) is 1.63. The number of nitrogens with two attached hydrogens (primary N) is 1. The highest BCUT2D eigenvalue weighted by Crippen LogP contribution is 2.39. The fourth-order valence-electron chi connectivity index (χ4n) is 1.63. The van der Waals surface area contributed by atoms with Crippen molar-refractivity contribution >= 4 is 0 Å². The summed E-state index contributed by atoms with van der Waals surface area (Å²) < 4.78 is 24.8. The Morgan fingerprint density at radius 3 is 2.43 bits per heavy atom. The molecule has 1 nitrogen and oxygen atoms in total. The van der Waals surface area contributed by atoms with Gasteiger partial charge in [0.15, 0.2) is 0 Å². The number of hydrogen-bond donors (Lipinski definition) is 1. The molecule has 1 atom stereocenters. The summed E-state index contributed by atoms with van der Waals surface area (Å²) in [6.45, 7) is 0. The molecule has 0 saturated heterocycles. The van der Waals surface area contributed by atoms with Crippen molar-refractivity contribution in [3.63, 3.8) is 0 Å². The van der Waals surface area contributed by atoms with E-state index in [1.807, 2.05) is 6.07 Å². The van der Waals surface area contributed by atoms with Crippen LogP contribution in [0.25, 0.3) is 0 Å². The first-order valence-corrected chi connectivity index (χ1v) is 4.82. The predicted octanol–water partition coefficient (Wildman–Crippen LogP) is 3.03. The van der Waals surface area contributed by atoms with Gasteiger partial charge < -0.3 is 5.73 Å². The largest absolute Gasteiger partial charge is 0.324 e. The van der Waals surface area contributed by atoms with E-state index in [9.17, 15) is 8.78 Å². The normalized spacial score (nSPS) is 18.6. The summed E-state index contributed by atoms with van der Waals surface area (Å²) in [6, 6.07) is 6.38. The Bertz CT molecular complexity index is 321. The van der Waals surface area contributed by atoms with E-state index in [1.165, 1.54) is 12.1 Å². The minimum absolute atomic E-state index is 0.0614. The quantitative estimate of drug-likeness (QED) is 0.791. The smallest absolute Gasteiger partial charge is 0.263 e. The van der Waals surface area contributed by atoms with Crippen LogP contribution < -0.4 is 5.73 Å².